The molecule has 4 nitrogen and oxygen atoms in total. The van der Waals surface area contributed by atoms with Gasteiger partial charge in [-0.2, -0.15) is 0 Å². The summed E-state index contributed by atoms with van der Waals surface area (Å²) in [5.74, 6) is -0.736. The summed E-state index contributed by atoms with van der Waals surface area (Å²) in [5, 5.41) is 3.72. The van der Waals surface area contributed by atoms with E-state index in [0.29, 0.717) is 16.4 Å². The van der Waals surface area contributed by atoms with Gasteiger partial charge in [0.15, 0.2) is 5.11 Å². The fraction of sp³-hybridized carbons (Fsp3) is 0.200. The predicted octanol–water partition coefficient (Wildman–Crippen LogP) is 4.28. The molecule has 0 spiro atoms. The fourth-order valence-corrected chi connectivity index (χ4v) is 3.78. The Labute approximate surface area is 168 Å². The lowest BCUT2D eigenvalue weighted by molar-refractivity contribution is -0.125. The summed E-state index contributed by atoms with van der Waals surface area (Å²) in [5.41, 5.74) is 2.05. The van der Waals surface area contributed by atoms with Crippen LogP contribution < -0.4 is 10.2 Å². The Morgan fingerprint density at radius 2 is 1.85 bits per heavy atom. The van der Waals surface area contributed by atoms with E-state index in [1.54, 1.807) is 32.0 Å². The first-order valence-corrected chi connectivity index (χ1v) is 9.13. The zero-order chi connectivity index (χ0) is 19.7. The van der Waals surface area contributed by atoms with E-state index in [1.165, 1.54) is 17.0 Å². The molecule has 1 atom stereocenters. The van der Waals surface area contributed by atoms with Gasteiger partial charge in [-0.25, -0.2) is 4.39 Å². The summed E-state index contributed by atoms with van der Waals surface area (Å²) in [6, 6.07) is 13.1. The molecule has 0 saturated carbocycles. The van der Waals surface area contributed by atoms with Crippen molar-refractivity contribution in [3.05, 3.63) is 76.2 Å². The van der Waals surface area contributed by atoms with Crippen molar-refractivity contribution < 1.29 is 9.18 Å². The van der Waals surface area contributed by atoms with Crippen molar-refractivity contribution in [2.75, 3.05) is 19.0 Å². The number of amides is 1. The lowest BCUT2D eigenvalue weighted by Crippen LogP contribution is -2.49. The Balaban J connectivity index is 2.23. The average molecular weight is 404 g/mol. The van der Waals surface area contributed by atoms with Gasteiger partial charge < -0.3 is 10.2 Å². The van der Waals surface area contributed by atoms with Crippen LogP contribution in [-0.2, 0) is 4.79 Å². The quantitative estimate of drug-likeness (QED) is 0.776. The molecule has 1 unspecified atom stereocenters. The molecule has 27 heavy (non-hydrogen) atoms. The molecule has 0 aromatic heterocycles. The number of nitrogens with one attached hydrogen (secondary N) is 1. The molecule has 0 bridgehead atoms. The maximum atomic E-state index is 14.6. The van der Waals surface area contributed by atoms with Crippen molar-refractivity contribution in [2.45, 2.75) is 13.0 Å². The summed E-state index contributed by atoms with van der Waals surface area (Å²) in [6.07, 6.45) is 0. The van der Waals surface area contributed by atoms with Gasteiger partial charge in [-0.05, 0) is 43.4 Å². The lowest BCUT2D eigenvalue weighted by Gasteiger charge is -2.38. The molecule has 2 aromatic rings. The molecule has 7 heteroatoms. The number of carbonyl (C=O) groups excluding carboxylic acids is 1. The molecule has 0 fully saturated rings. The Hall–Kier alpha value is -2.44. The molecular formula is C20H19ClFN3OS. The number of thiocarbonyl (C=S) groups is 1. The number of hydrogen-bond donors (Lipinski definition) is 1. The maximum Gasteiger partial charge on any atom is 0.253 e. The summed E-state index contributed by atoms with van der Waals surface area (Å²) >= 11 is 11.8. The molecule has 3 rings (SSSR count). The number of anilines is 1. The minimum Gasteiger partial charge on any atom is -0.351 e. The number of carbonyl (C=O) groups is 1. The first kappa shape index (κ1) is 19.3. The van der Waals surface area contributed by atoms with Crippen molar-refractivity contribution in [3.63, 3.8) is 0 Å². The number of hydrogen-bond acceptors (Lipinski definition) is 2. The number of para-hydroxylation sites is 1. The molecule has 0 radical (unpaired) electrons. The van der Waals surface area contributed by atoms with Crippen LogP contribution in [0.25, 0.3) is 0 Å². The van der Waals surface area contributed by atoms with E-state index in [-0.39, 0.29) is 16.5 Å². The van der Waals surface area contributed by atoms with E-state index in [9.17, 15) is 9.18 Å². The second-order valence-electron chi connectivity index (χ2n) is 6.39. The van der Waals surface area contributed by atoms with Crippen LogP contribution >= 0.6 is 23.8 Å². The lowest BCUT2D eigenvalue weighted by atomic mass is 9.93. The minimum atomic E-state index is -0.777. The number of likely N-dealkylation sites (N-methyl/N-ethyl adjacent to an activating group) is 1. The average Bonchev–Trinajstić information content (AvgIpc) is 2.62. The number of nitrogens with zero attached hydrogens (tertiary/aromatic N) is 2. The summed E-state index contributed by atoms with van der Waals surface area (Å²) in [6.45, 7) is 1.80. The smallest absolute Gasteiger partial charge is 0.253 e. The molecule has 1 amide bonds. The number of allylic oxidation sites excluding steroid dienone is 1. The van der Waals surface area contributed by atoms with Crippen LogP contribution in [0, 0.1) is 5.82 Å². The highest BCUT2D eigenvalue weighted by Gasteiger charge is 2.37. The third kappa shape index (κ3) is 3.55. The highest BCUT2D eigenvalue weighted by atomic mass is 35.5. The van der Waals surface area contributed by atoms with Gasteiger partial charge in [-0.1, -0.05) is 35.9 Å². The van der Waals surface area contributed by atoms with Crippen molar-refractivity contribution in [2.24, 2.45) is 0 Å². The van der Waals surface area contributed by atoms with Crippen molar-refractivity contribution >= 4 is 40.5 Å². The molecule has 2 aromatic carbocycles. The van der Waals surface area contributed by atoms with Gasteiger partial charge in [0.1, 0.15) is 5.82 Å². The molecule has 140 valence electrons. The molecule has 0 saturated heterocycles. The molecule has 1 N–H and O–H groups in total. The molecular weight excluding hydrogens is 385 g/mol. The Morgan fingerprint density at radius 1 is 1.19 bits per heavy atom. The Morgan fingerprint density at radius 3 is 2.44 bits per heavy atom. The Kier molecular flexibility index (Phi) is 5.48. The largest absolute Gasteiger partial charge is 0.351 e. The maximum absolute atomic E-state index is 14.6. The molecule has 1 aliphatic heterocycles. The van der Waals surface area contributed by atoms with Gasteiger partial charge in [0.2, 0.25) is 0 Å². The number of benzene rings is 2. The molecule has 1 aliphatic rings. The third-order valence-electron chi connectivity index (χ3n) is 4.42. The van der Waals surface area contributed by atoms with Gasteiger partial charge in [0, 0.05) is 36.1 Å². The zero-order valence-corrected chi connectivity index (χ0v) is 16.7. The van der Waals surface area contributed by atoms with E-state index < -0.39 is 11.9 Å². The summed E-state index contributed by atoms with van der Waals surface area (Å²) in [7, 11) is 3.31. The van der Waals surface area contributed by atoms with Crippen LogP contribution in [0.15, 0.2) is 59.8 Å². The predicted molar refractivity (Wildman–Crippen MR) is 110 cm³/mol. The van der Waals surface area contributed by atoms with Crippen LogP contribution in [0.3, 0.4) is 0 Å². The van der Waals surface area contributed by atoms with Gasteiger partial charge in [0.05, 0.1) is 11.6 Å². The van der Waals surface area contributed by atoms with Crippen molar-refractivity contribution in [1.82, 2.24) is 10.2 Å². The second-order valence-corrected chi connectivity index (χ2v) is 7.18. The highest BCUT2D eigenvalue weighted by Crippen LogP contribution is 2.37. The third-order valence-corrected chi connectivity index (χ3v) is 5.05. The van der Waals surface area contributed by atoms with Gasteiger partial charge >= 0.3 is 0 Å². The van der Waals surface area contributed by atoms with Gasteiger partial charge in [0.25, 0.3) is 5.91 Å². The SMILES string of the molecule is CC1=C(C(=O)N(C)C)C(c2c(F)cccc2Cl)NC(=S)N1c1ccccc1. The summed E-state index contributed by atoms with van der Waals surface area (Å²) < 4.78 is 14.6. The fourth-order valence-electron chi connectivity index (χ4n) is 3.15. The van der Waals surface area contributed by atoms with Crippen molar-refractivity contribution in [1.29, 1.82) is 0 Å². The Bertz CT molecular complexity index is 910. The standard InChI is InChI=1S/C20H19ClFN3OS/c1-12-16(19(26)24(2)3)18(17-14(21)10-7-11-15(17)22)23-20(27)25(12)13-8-5-4-6-9-13/h4-11,18H,1-3H3,(H,23,27). The number of halogens is 2. The number of rotatable bonds is 3. The topological polar surface area (TPSA) is 35.6 Å². The van der Waals surface area contributed by atoms with Gasteiger partial charge in [-0.15, -0.1) is 0 Å². The minimum absolute atomic E-state index is 0.207. The monoisotopic (exact) mass is 403 g/mol. The normalized spacial score (nSPS) is 17.0. The highest BCUT2D eigenvalue weighted by molar-refractivity contribution is 7.80. The first-order valence-electron chi connectivity index (χ1n) is 8.35. The molecule has 0 aliphatic carbocycles. The van der Waals surface area contributed by atoms with Crippen LogP contribution in [0.2, 0.25) is 5.02 Å². The van der Waals surface area contributed by atoms with Crippen LogP contribution in [0.1, 0.15) is 18.5 Å². The van der Waals surface area contributed by atoms with E-state index in [2.05, 4.69) is 5.32 Å². The van der Waals surface area contributed by atoms with Crippen molar-refractivity contribution in [3.8, 4) is 0 Å². The zero-order valence-electron chi connectivity index (χ0n) is 15.2. The first-order chi connectivity index (χ1) is 12.8. The van der Waals surface area contributed by atoms with E-state index in [1.807, 2.05) is 30.3 Å². The molecule has 1 heterocycles. The van der Waals surface area contributed by atoms with Crippen LogP contribution in [-0.4, -0.2) is 30.0 Å². The van der Waals surface area contributed by atoms with E-state index in [0.717, 1.165) is 5.69 Å². The van der Waals surface area contributed by atoms with E-state index >= 15 is 0 Å². The van der Waals surface area contributed by atoms with Gasteiger partial charge in [-0.3, -0.25) is 9.69 Å². The second kappa shape index (κ2) is 7.66. The van der Waals surface area contributed by atoms with Crippen LogP contribution in [0.4, 0.5) is 10.1 Å². The summed E-state index contributed by atoms with van der Waals surface area (Å²) in [4.78, 5) is 16.2. The van der Waals surface area contributed by atoms with E-state index in [4.69, 9.17) is 23.8 Å². The van der Waals surface area contributed by atoms with Crippen LogP contribution in [0.5, 0.6) is 0 Å².